The van der Waals surface area contributed by atoms with Gasteiger partial charge >= 0.3 is 13.9 Å². The number of imide groups is 1. The van der Waals surface area contributed by atoms with Crippen LogP contribution in [0, 0.1) is 0 Å². The van der Waals surface area contributed by atoms with Gasteiger partial charge in [-0.15, -0.1) is 0 Å². The highest BCUT2D eigenvalue weighted by molar-refractivity contribution is 7.47. The third-order valence-electron chi connectivity index (χ3n) is 3.67. The SMILES string of the molecule is O=C1CC2OC[C@H]3O[C@H](C4OP(=O)(O)OC43)N2C(=O)N1. The minimum atomic E-state index is -4.13. The van der Waals surface area contributed by atoms with Gasteiger partial charge in [-0.25, -0.2) is 9.36 Å². The molecule has 3 amide bonds. The molecular weight excluding hydrogens is 295 g/mol. The maximum Gasteiger partial charge on any atom is 0.473 e. The lowest BCUT2D eigenvalue weighted by Gasteiger charge is -2.37. The molecule has 2 bridgehead atoms. The number of phosphoric ester groups is 1. The van der Waals surface area contributed by atoms with Crippen LogP contribution in [0.25, 0.3) is 0 Å². The number of hydrogen-bond donors (Lipinski definition) is 2. The van der Waals surface area contributed by atoms with Crippen LogP contribution >= 0.6 is 7.82 Å². The van der Waals surface area contributed by atoms with Gasteiger partial charge in [-0.1, -0.05) is 0 Å². The molecule has 4 unspecified atom stereocenters. The molecular formula is C9H11N2O8P. The third kappa shape index (κ3) is 1.73. The van der Waals surface area contributed by atoms with Crippen molar-refractivity contribution in [1.82, 2.24) is 10.2 Å². The van der Waals surface area contributed by atoms with Crippen molar-refractivity contribution < 1.29 is 37.6 Å². The van der Waals surface area contributed by atoms with Gasteiger partial charge in [-0.3, -0.25) is 24.1 Å². The van der Waals surface area contributed by atoms with Gasteiger partial charge in [0.1, 0.15) is 24.5 Å². The number of carbonyl (C=O) groups excluding carboxylic acids is 2. The fraction of sp³-hybridized carbons (Fsp3) is 0.778. The zero-order valence-electron chi connectivity index (χ0n) is 10.0. The first-order valence-electron chi connectivity index (χ1n) is 6.03. The highest BCUT2D eigenvalue weighted by Crippen LogP contribution is 2.57. The lowest BCUT2D eigenvalue weighted by atomic mass is 10.1. The number of fused-ring (bicyclic) bond motifs is 7. The van der Waals surface area contributed by atoms with Crippen molar-refractivity contribution >= 4 is 19.8 Å². The van der Waals surface area contributed by atoms with E-state index in [1.165, 1.54) is 4.90 Å². The first-order chi connectivity index (χ1) is 9.44. The van der Waals surface area contributed by atoms with Gasteiger partial charge in [0.15, 0.2) is 6.23 Å². The Bertz CT molecular complexity index is 540. The largest absolute Gasteiger partial charge is 0.473 e. The number of hydrogen-bond acceptors (Lipinski definition) is 7. The number of amides is 3. The van der Waals surface area contributed by atoms with E-state index in [2.05, 4.69) is 5.32 Å². The Balaban J connectivity index is 1.68. The first kappa shape index (κ1) is 12.7. The van der Waals surface area contributed by atoms with E-state index in [9.17, 15) is 19.0 Å². The van der Waals surface area contributed by atoms with Crippen molar-refractivity contribution in [3.8, 4) is 0 Å². The molecule has 0 aromatic heterocycles. The van der Waals surface area contributed by atoms with E-state index in [1.807, 2.05) is 0 Å². The summed E-state index contributed by atoms with van der Waals surface area (Å²) in [6.45, 7) is 0.0444. The maximum absolute atomic E-state index is 11.9. The second kappa shape index (κ2) is 4.00. The van der Waals surface area contributed by atoms with Crippen LogP contribution in [-0.4, -0.2) is 59.1 Å². The van der Waals surface area contributed by atoms with Gasteiger partial charge in [-0.2, -0.15) is 0 Å². The Morgan fingerprint density at radius 1 is 1.30 bits per heavy atom. The summed E-state index contributed by atoms with van der Waals surface area (Å²) in [5.41, 5.74) is 0. The van der Waals surface area contributed by atoms with Gasteiger partial charge in [-0.05, 0) is 0 Å². The molecule has 4 saturated heterocycles. The van der Waals surface area contributed by atoms with Crippen LogP contribution < -0.4 is 5.32 Å². The topological polar surface area (TPSA) is 124 Å². The van der Waals surface area contributed by atoms with Gasteiger partial charge < -0.3 is 14.4 Å². The monoisotopic (exact) mass is 306 g/mol. The molecule has 4 heterocycles. The Hall–Kier alpha value is -1.03. The molecule has 0 aromatic carbocycles. The van der Waals surface area contributed by atoms with Gasteiger partial charge in [0.25, 0.3) is 0 Å². The average molecular weight is 306 g/mol. The van der Waals surface area contributed by atoms with Crippen molar-refractivity contribution in [1.29, 1.82) is 0 Å². The van der Waals surface area contributed by atoms with Gasteiger partial charge in [0.05, 0.1) is 13.0 Å². The molecule has 0 aliphatic carbocycles. The molecule has 4 fully saturated rings. The standard InChI is InChI=1S/C9H11N2O8P/c12-4-1-5-11(9(13)10-4)8-7-6(3(17-8)2-16-5)18-20(14,15)19-7/h3,5-8H,1-2H2,(H,14,15)(H,10,12,13)/t3-,5?,6?,7?,8-/m1/s1. The molecule has 2 N–H and O–H groups in total. The Morgan fingerprint density at radius 2 is 2.05 bits per heavy atom. The van der Waals surface area contributed by atoms with Crippen LogP contribution in [0.1, 0.15) is 6.42 Å². The fourth-order valence-electron chi connectivity index (χ4n) is 2.89. The van der Waals surface area contributed by atoms with Crippen LogP contribution in [0.2, 0.25) is 0 Å². The lowest BCUT2D eigenvalue weighted by Crippen LogP contribution is -2.61. The van der Waals surface area contributed by atoms with Crippen LogP contribution in [0.5, 0.6) is 0 Å². The minimum Gasteiger partial charge on any atom is -0.355 e. The summed E-state index contributed by atoms with van der Waals surface area (Å²) in [5.74, 6) is -0.443. The molecule has 10 nitrogen and oxygen atoms in total. The number of urea groups is 1. The molecule has 0 aromatic rings. The molecule has 4 aliphatic rings. The number of nitrogens with zero attached hydrogens (tertiary/aromatic N) is 1. The van der Waals surface area contributed by atoms with Gasteiger partial charge in [0.2, 0.25) is 5.91 Å². The second-order valence-electron chi connectivity index (χ2n) is 4.93. The fourth-order valence-corrected chi connectivity index (χ4v) is 4.03. The molecule has 0 saturated carbocycles. The summed E-state index contributed by atoms with van der Waals surface area (Å²) in [6, 6.07) is -0.680. The zero-order chi connectivity index (χ0) is 14.1. The lowest BCUT2D eigenvalue weighted by molar-refractivity contribution is -0.139. The molecule has 20 heavy (non-hydrogen) atoms. The molecule has 6 atom stereocenters. The number of nitrogens with one attached hydrogen (secondary N) is 1. The van der Waals surface area contributed by atoms with Crippen molar-refractivity contribution in [2.24, 2.45) is 0 Å². The van der Waals surface area contributed by atoms with E-state index in [0.29, 0.717) is 0 Å². The quantitative estimate of drug-likeness (QED) is 0.540. The number of phosphoric acid groups is 1. The molecule has 4 aliphatic heterocycles. The molecule has 110 valence electrons. The van der Waals surface area contributed by atoms with Crippen LogP contribution in [0.3, 0.4) is 0 Å². The van der Waals surface area contributed by atoms with E-state index in [0.717, 1.165) is 0 Å². The van der Waals surface area contributed by atoms with Crippen LogP contribution in [0.15, 0.2) is 0 Å². The van der Waals surface area contributed by atoms with E-state index in [4.69, 9.17) is 18.5 Å². The maximum atomic E-state index is 11.9. The summed E-state index contributed by atoms with van der Waals surface area (Å²) >= 11 is 0. The Labute approximate surface area is 112 Å². The molecule has 0 radical (unpaired) electrons. The minimum absolute atomic E-state index is 0.0205. The third-order valence-corrected chi connectivity index (χ3v) is 4.69. The van der Waals surface area contributed by atoms with Crippen molar-refractivity contribution in [3.05, 3.63) is 0 Å². The van der Waals surface area contributed by atoms with Gasteiger partial charge in [0, 0.05) is 0 Å². The highest BCUT2D eigenvalue weighted by Gasteiger charge is 2.62. The Morgan fingerprint density at radius 3 is 2.85 bits per heavy atom. The average Bonchev–Trinajstić information content (AvgIpc) is 2.72. The van der Waals surface area contributed by atoms with Crippen molar-refractivity contribution in [2.75, 3.05) is 6.61 Å². The summed E-state index contributed by atoms with van der Waals surface area (Å²) in [7, 11) is -4.13. The Kier molecular flexibility index (Phi) is 2.54. The predicted octanol–water partition coefficient (Wildman–Crippen LogP) is -1.11. The number of ether oxygens (including phenoxy) is 2. The summed E-state index contributed by atoms with van der Waals surface area (Å²) < 4.78 is 32.5. The van der Waals surface area contributed by atoms with E-state index < -0.39 is 50.5 Å². The summed E-state index contributed by atoms with van der Waals surface area (Å²) in [5, 5.41) is 2.15. The first-order valence-corrected chi connectivity index (χ1v) is 7.53. The summed E-state index contributed by atoms with van der Waals surface area (Å²) in [6.07, 6.45) is -3.99. The highest BCUT2D eigenvalue weighted by atomic mass is 31.2. The van der Waals surface area contributed by atoms with Crippen LogP contribution in [-0.2, 0) is 27.9 Å². The van der Waals surface area contributed by atoms with Crippen molar-refractivity contribution in [3.63, 3.8) is 0 Å². The predicted molar refractivity (Wildman–Crippen MR) is 58.0 cm³/mol. The molecule has 11 heteroatoms. The molecule has 0 spiro atoms. The van der Waals surface area contributed by atoms with E-state index in [-0.39, 0.29) is 13.0 Å². The smallest absolute Gasteiger partial charge is 0.355 e. The second-order valence-corrected chi connectivity index (χ2v) is 6.29. The zero-order valence-corrected chi connectivity index (χ0v) is 10.9. The van der Waals surface area contributed by atoms with E-state index in [1.54, 1.807) is 0 Å². The summed E-state index contributed by atoms with van der Waals surface area (Å²) in [4.78, 5) is 33.9. The number of carbonyl (C=O) groups is 2. The van der Waals surface area contributed by atoms with Crippen LogP contribution in [0.4, 0.5) is 4.79 Å². The van der Waals surface area contributed by atoms with Crippen molar-refractivity contribution in [2.45, 2.75) is 37.2 Å². The normalized spacial score (nSPS) is 50.5. The molecule has 4 rings (SSSR count). The van der Waals surface area contributed by atoms with E-state index >= 15 is 0 Å². The number of rotatable bonds is 0.